The van der Waals surface area contributed by atoms with Crippen LogP contribution in [0.25, 0.3) is 10.8 Å². The molecule has 3 amide bonds. The zero-order chi connectivity index (χ0) is 23.2. The van der Waals surface area contributed by atoms with Crippen LogP contribution >= 0.6 is 0 Å². The fraction of sp³-hybridized carbons (Fsp3) is 0.269. The molecule has 0 saturated carbocycles. The smallest absolute Gasteiger partial charge is 0.326 e. The molecule has 1 saturated heterocycles. The van der Waals surface area contributed by atoms with Crippen LogP contribution in [0.1, 0.15) is 24.0 Å². The zero-order valence-corrected chi connectivity index (χ0v) is 18.2. The summed E-state index contributed by atoms with van der Waals surface area (Å²) in [6.07, 6.45) is 1.37. The molecule has 0 radical (unpaired) electrons. The van der Waals surface area contributed by atoms with Crippen LogP contribution in [0.15, 0.2) is 72.8 Å². The topological polar surface area (TPSA) is 98.7 Å². The van der Waals surface area contributed by atoms with E-state index in [1.54, 1.807) is 0 Å². The van der Waals surface area contributed by atoms with Gasteiger partial charge in [0.15, 0.2) is 0 Å². The Morgan fingerprint density at radius 1 is 0.939 bits per heavy atom. The number of fused-ring (bicyclic) bond motifs is 1. The number of hydrogen-bond donors (Lipinski definition) is 3. The molecule has 3 aromatic carbocycles. The van der Waals surface area contributed by atoms with Crippen molar-refractivity contribution in [3.8, 4) is 0 Å². The summed E-state index contributed by atoms with van der Waals surface area (Å²) in [5.41, 5.74) is 1.79. The maximum Gasteiger partial charge on any atom is 0.326 e. The standard InChI is InChI=1S/C26H27N3O4/c30-24(23-11-6-14-29(23)26(33)27-17-18-7-2-1-3-8-18)28-22(25(31)32)16-19-12-13-20-9-4-5-10-21(20)15-19/h1-5,7-10,12-13,15,22-23H,6,11,14,16-17H2,(H,27,33)(H,28,30)(H,31,32)/t22-,23-/m0/s1. The average molecular weight is 446 g/mol. The molecule has 0 aliphatic carbocycles. The summed E-state index contributed by atoms with van der Waals surface area (Å²) in [5, 5.41) is 17.3. The Morgan fingerprint density at radius 3 is 2.42 bits per heavy atom. The molecule has 1 fully saturated rings. The lowest BCUT2D eigenvalue weighted by Crippen LogP contribution is -2.53. The molecule has 0 spiro atoms. The molecule has 33 heavy (non-hydrogen) atoms. The van der Waals surface area contributed by atoms with Gasteiger partial charge in [0, 0.05) is 19.5 Å². The Balaban J connectivity index is 1.39. The first-order chi connectivity index (χ1) is 16.0. The summed E-state index contributed by atoms with van der Waals surface area (Å²) in [6.45, 7) is 0.825. The third kappa shape index (κ3) is 5.49. The van der Waals surface area contributed by atoms with Crippen molar-refractivity contribution in [3.63, 3.8) is 0 Å². The number of carboxylic acids is 1. The molecule has 3 N–H and O–H groups in total. The number of hydrogen-bond acceptors (Lipinski definition) is 3. The highest BCUT2D eigenvalue weighted by Gasteiger charge is 2.35. The average Bonchev–Trinajstić information content (AvgIpc) is 3.33. The van der Waals surface area contributed by atoms with Gasteiger partial charge in [0.05, 0.1) is 0 Å². The van der Waals surface area contributed by atoms with Gasteiger partial charge >= 0.3 is 12.0 Å². The summed E-state index contributed by atoms with van der Waals surface area (Å²) < 4.78 is 0. The molecular formula is C26H27N3O4. The SMILES string of the molecule is O=C(O)[C@H](Cc1ccc2ccccc2c1)NC(=O)[C@@H]1CCCN1C(=O)NCc1ccccc1. The van der Waals surface area contributed by atoms with E-state index in [0.29, 0.717) is 25.9 Å². The summed E-state index contributed by atoms with van der Waals surface area (Å²) in [7, 11) is 0. The number of carbonyl (C=O) groups is 3. The number of nitrogens with one attached hydrogen (secondary N) is 2. The lowest BCUT2D eigenvalue weighted by Gasteiger charge is -2.26. The maximum atomic E-state index is 13.0. The lowest BCUT2D eigenvalue weighted by molar-refractivity contribution is -0.142. The second-order valence-corrected chi connectivity index (χ2v) is 8.28. The first-order valence-electron chi connectivity index (χ1n) is 11.1. The van der Waals surface area contributed by atoms with E-state index in [1.807, 2.05) is 72.8 Å². The van der Waals surface area contributed by atoms with E-state index in [0.717, 1.165) is 21.9 Å². The molecule has 7 heteroatoms. The molecule has 0 aromatic heterocycles. The Labute approximate surface area is 192 Å². The van der Waals surface area contributed by atoms with Crippen LogP contribution in [0.3, 0.4) is 0 Å². The van der Waals surface area contributed by atoms with Crippen molar-refractivity contribution >= 4 is 28.7 Å². The number of urea groups is 1. The normalized spacial score (nSPS) is 16.4. The summed E-state index contributed by atoms with van der Waals surface area (Å²) in [4.78, 5) is 39.0. The number of amides is 3. The molecule has 1 aliphatic rings. The van der Waals surface area contributed by atoms with Gasteiger partial charge in [-0.2, -0.15) is 0 Å². The van der Waals surface area contributed by atoms with Crippen LogP contribution in [0.2, 0.25) is 0 Å². The summed E-state index contributed by atoms with van der Waals surface area (Å²) in [6, 6.07) is 21.1. The Morgan fingerprint density at radius 2 is 1.67 bits per heavy atom. The fourth-order valence-corrected chi connectivity index (χ4v) is 4.23. The van der Waals surface area contributed by atoms with E-state index in [-0.39, 0.29) is 12.5 Å². The highest BCUT2D eigenvalue weighted by Crippen LogP contribution is 2.19. The number of carboxylic acid groups (broad SMARTS) is 1. The number of benzene rings is 3. The van der Waals surface area contributed by atoms with Crippen LogP contribution < -0.4 is 10.6 Å². The van der Waals surface area contributed by atoms with Gasteiger partial charge in [0.1, 0.15) is 12.1 Å². The van der Waals surface area contributed by atoms with E-state index in [4.69, 9.17) is 0 Å². The van der Waals surface area contributed by atoms with Crippen molar-refractivity contribution in [1.29, 1.82) is 0 Å². The van der Waals surface area contributed by atoms with Gasteiger partial charge in [0.2, 0.25) is 5.91 Å². The molecule has 170 valence electrons. The zero-order valence-electron chi connectivity index (χ0n) is 18.2. The minimum Gasteiger partial charge on any atom is -0.480 e. The molecule has 2 atom stereocenters. The monoisotopic (exact) mass is 445 g/mol. The predicted molar refractivity (Wildman–Crippen MR) is 126 cm³/mol. The van der Waals surface area contributed by atoms with E-state index >= 15 is 0 Å². The number of rotatable bonds is 7. The molecular weight excluding hydrogens is 418 g/mol. The van der Waals surface area contributed by atoms with Crippen molar-refractivity contribution in [2.24, 2.45) is 0 Å². The van der Waals surface area contributed by atoms with Gasteiger partial charge in [-0.1, -0.05) is 72.8 Å². The van der Waals surface area contributed by atoms with Crippen molar-refractivity contribution in [3.05, 3.63) is 83.9 Å². The predicted octanol–water partition coefficient (Wildman–Crippen LogP) is 3.33. The molecule has 4 rings (SSSR count). The Bertz CT molecular complexity index is 1150. The minimum atomic E-state index is -1.10. The van der Waals surface area contributed by atoms with E-state index < -0.39 is 24.0 Å². The first-order valence-corrected chi connectivity index (χ1v) is 11.1. The van der Waals surface area contributed by atoms with Crippen LogP contribution in [0.4, 0.5) is 4.79 Å². The van der Waals surface area contributed by atoms with E-state index in [2.05, 4.69) is 10.6 Å². The van der Waals surface area contributed by atoms with Gasteiger partial charge in [-0.15, -0.1) is 0 Å². The van der Waals surface area contributed by atoms with Gasteiger partial charge < -0.3 is 20.6 Å². The number of nitrogens with zero attached hydrogens (tertiary/aromatic N) is 1. The summed E-state index contributed by atoms with van der Waals surface area (Å²) >= 11 is 0. The third-order valence-corrected chi connectivity index (χ3v) is 5.97. The number of likely N-dealkylation sites (tertiary alicyclic amines) is 1. The van der Waals surface area contributed by atoms with Crippen molar-refractivity contribution < 1.29 is 19.5 Å². The highest BCUT2D eigenvalue weighted by atomic mass is 16.4. The Kier molecular flexibility index (Phi) is 6.88. The molecule has 3 aromatic rings. The van der Waals surface area contributed by atoms with Crippen LogP contribution in [0.5, 0.6) is 0 Å². The maximum absolute atomic E-state index is 13.0. The van der Waals surface area contributed by atoms with Crippen molar-refractivity contribution in [1.82, 2.24) is 15.5 Å². The van der Waals surface area contributed by atoms with Crippen LogP contribution in [0, 0.1) is 0 Å². The highest BCUT2D eigenvalue weighted by molar-refractivity contribution is 5.91. The van der Waals surface area contributed by atoms with Crippen molar-refractivity contribution in [2.45, 2.75) is 37.9 Å². The first kappa shape index (κ1) is 22.3. The third-order valence-electron chi connectivity index (χ3n) is 5.97. The molecule has 0 unspecified atom stereocenters. The summed E-state index contributed by atoms with van der Waals surface area (Å²) in [5.74, 6) is -1.54. The lowest BCUT2D eigenvalue weighted by atomic mass is 10.0. The van der Waals surface area contributed by atoms with E-state index in [1.165, 1.54) is 4.90 Å². The molecule has 1 heterocycles. The molecule has 7 nitrogen and oxygen atoms in total. The largest absolute Gasteiger partial charge is 0.480 e. The quantitative estimate of drug-likeness (QED) is 0.520. The van der Waals surface area contributed by atoms with Crippen LogP contribution in [-0.2, 0) is 22.6 Å². The van der Waals surface area contributed by atoms with Crippen LogP contribution in [-0.4, -0.2) is 46.5 Å². The van der Waals surface area contributed by atoms with E-state index in [9.17, 15) is 19.5 Å². The van der Waals surface area contributed by atoms with Crippen molar-refractivity contribution in [2.75, 3.05) is 6.54 Å². The number of carbonyl (C=O) groups excluding carboxylic acids is 2. The molecule has 1 aliphatic heterocycles. The van der Waals surface area contributed by atoms with Gasteiger partial charge in [-0.05, 0) is 34.7 Å². The van der Waals surface area contributed by atoms with Gasteiger partial charge in [-0.3, -0.25) is 4.79 Å². The van der Waals surface area contributed by atoms with Gasteiger partial charge in [-0.25, -0.2) is 9.59 Å². The second-order valence-electron chi connectivity index (χ2n) is 8.28. The number of aliphatic carboxylic acids is 1. The minimum absolute atomic E-state index is 0.166. The van der Waals surface area contributed by atoms with Gasteiger partial charge in [0.25, 0.3) is 0 Å². The molecule has 0 bridgehead atoms. The second kappa shape index (κ2) is 10.2. The Hall–Kier alpha value is -3.87. The fourth-order valence-electron chi connectivity index (χ4n) is 4.23.